The van der Waals surface area contributed by atoms with Crippen LogP contribution in [0.3, 0.4) is 0 Å². The van der Waals surface area contributed by atoms with Crippen LogP contribution in [0.2, 0.25) is 0 Å². The quantitative estimate of drug-likeness (QED) is 0.188. The third-order valence-corrected chi connectivity index (χ3v) is 6.19. The van der Waals surface area contributed by atoms with E-state index in [9.17, 15) is 4.79 Å². The van der Waals surface area contributed by atoms with Gasteiger partial charge >= 0.3 is 0 Å². The van der Waals surface area contributed by atoms with Crippen molar-refractivity contribution in [2.24, 2.45) is 0 Å². The highest BCUT2D eigenvalue weighted by Crippen LogP contribution is 2.23. The van der Waals surface area contributed by atoms with Gasteiger partial charge in [-0.25, -0.2) is 4.68 Å². The highest BCUT2D eigenvalue weighted by Gasteiger charge is 2.11. The van der Waals surface area contributed by atoms with Crippen LogP contribution < -0.4 is 10.1 Å². The normalized spacial score (nSPS) is 10.7. The molecule has 0 spiro atoms. The summed E-state index contributed by atoms with van der Waals surface area (Å²) in [5, 5.41) is 9.37. The Balaban J connectivity index is 1.33. The molecule has 1 N–H and O–H groups in total. The van der Waals surface area contributed by atoms with Gasteiger partial charge in [-0.15, -0.1) is 0 Å². The van der Waals surface area contributed by atoms with Crippen molar-refractivity contribution >= 4 is 11.6 Å². The first-order chi connectivity index (χ1) is 18.5. The maximum absolute atomic E-state index is 12.8. The zero-order valence-electron chi connectivity index (χ0n) is 22.1. The van der Waals surface area contributed by atoms with E-state index >= 15 is 0 Å². The van der Waals surface area contributed by atoms with E-state index in [4.69, 9.17) is 14.7 Å². The van der Waals surface area contributed by atoms with Gasteiger partial charge in [0.05, 0.1) is 25.1 Å². The van der Waals surface area contributed by atoms with Gasteiger partial charge < -0.3 is 10.1 Å². The van der Waals surface area contributed by atoms with Crippen molar-refractivity contribution in [2.45, 2.75) is 26.2 Å². The number of pyridine rings is 1. The molecule has 0 aliphatic carbocycles. The number of nitrogens with one attached hydrogen (secondary N) is 1. The SMILES string of the molecule is C=C(CCCOc1ccc(C(=O)Nc2ccc(-n3nc(-c4cccnc4)cc3CC)cc2)cc1)N(C)OC. The summed E-state index contributed by atoms with van der Waals surface area (Å²) >= 11 is 0. The van der Waals surface area contributed by atoms with Gasteiger partial charge in [0.2, 0.25) is 0 Å². The molecule has 38 heavy (non-hydrogen) atoms. The minimum Gasteiger partial charge on any atom is -0.494 e. The number of aromatic nitrogens is 3. The number of anilines is 1. The van der Waals surface area contributed by atoms with Crippen molar-refractivity contribution in [1.29, 1.82) is 0 Å². The lowest BCUT2D eigenvalue weighted by molar-refractivity contribution is -0.0798. The van der Waals surface area contributed by atoms with Crippen LogP contribution in [0.1, 0.15) is 35.8 Å². The molecule has 0 atom stereocenters. The smallest absolute Gasteiger partial charge is 0.255 e. The summed E-state index contributed by atoms with van der Waals surface area (Å²) in [6, 6.07) is 20.8. The van der Waals surface area contributed by atoms with Crippen molar-refractivity contribution in [1.82, 2.24) is 19.8 Å². The second-order valence-electron chi connectivity index (χ2n) is 8.75. The van der Waals surface area contributed by atoms with Gasteiger partial charge in [-0.05, 0) is 86.0 Å². The molecule has 0 saturated heterocycles. The Kier molecular flexibility index (Phi) is 8.89. The van der Waals surface area contributed by atoms with Gasteiger partial charge in [-0.1, -0.05) is 13.5 Å². The van der Waals surface area contributed by atoms with Crippen LogP contribution in [-0.4, -0.2) is 46.5 Å². The van der Waals surface area contributed by atoms with E-state index in [2.05, 4.69) is 29.9 Å². The van der Waals surface area contributed by atoms with Gasteiger partial charge in [0.25, 0.3) is 5.91 Å². The monoisotopic (exact) mass is 511 g/mol. The lowest BCUT2D eigenvalue weighted by Crippen LogP contribution is -2.15. The average molecular weight is 512 g/mol. The Morgan fingerprint density at radius 1 is 1.11 bits per heavy atom. The topological polar surface area (TPSA) is 81.5 Å². The summed E-state index contributed by atoms with van der Waals surface area (Å²) in [6.07, 6.45) is 5.99. The first-order valence-corrected chi connectivity index (χ1v) is 12.6. The third-order valence-electron chi connectivity index (χ3n) is 6.19. The van der Waals surface area contributed by atoms with Crippen molar-refractivity contribution < 1.29 is 14.4 Å². The first-order valence-electron chi connectivity index (χ1n) is 12.6. The van der Waals surface area contributed by atoms with Crippen molar-refractivity contribution in [3.05, 3.63) is 103 Å². The highest BCUT2D eigenvalue weighted by atomic mass is 16.7. The number of carbonyl (C=O) groups excluding carboxylic acids is 1. The predicted molar refractivity (Wildman–Crippen MR) is 149 cm³/mol. The van der Waals surface area contributed by atoms with Gasteiger partial charge in [-0.3, -0.25) is 19.7 Å². The molecule has 0 fully saturated rings. The van der Waals surface area contributed by atoms with Crippen LogP contribution in [0.25, 0.3) is 16.9 Å². The highest BCUT2D eigenvalue weighted by molar-refractivity contribution is 6.04. The molecule has 4 aromatic rings. The fourth-order valence-electron chi connectivity index (χ4n) is 3.90. The second kappa shape index (κ2) is 12.7. The molecule has 0 aliphatic heterocycles. The van der Waals surface area contributed by atoms with E-state index in [1.54, 1.807) is 42.6 Å². The zero-order chi connectivity index (χ0) is 26.9. The lowest BCUT2D eigenvalue weighted by atomic mass is 10.2. The maximum Gasteiger partial charge on any atom is 0.255 e. The molecule has 0 unspecified atom stereocenters. The number of hydrogen-bond acceptors (Lipinski definition) is 6. The maximum atomic E-state index is 12.8. The number of hydrogen-bond donors (Lipinski definition) is 1. The Hall–Kier alpha value is -4.43. The number of benzene rings is 2. The Labute approximate surface area is 223 Å². The van der Waals surface area contributed by atoms with Crippen LogP contribution in [-0.2, 0) is 11.3 Å². The van der Waals surface area contributed by atoms with E-state index in [-0.39, 0.29) is 5.91 Å². The third kappa shape index (κ3) is 6.66. The van der Waals surface area contributed by atoms with Gasteiger partial charge in [0, 0.05) is 47.6 Å². The first kappa shape index (κ1) is 26.6. The number of allylic oxidation sites excluding steroid dienone is 1. The standard InChI is InChI=1S/C30H33N5O3/c1-5-26-20-29(24-9-6-18-31-21-24)33-35(26)27-14-12-25(13-15-27)32-30(36)23-10-16-28(17-11-23)38-19-7-8-22(2)34(3)37-4/h6,9-18,20-21H,2,5,7-8,19H2,1,3-4H3,(H,32,36). The number of ether oxygens (including phenoxy) is 1. The number of aryl methyl sites for hydroxylation is 1. The summed E-state index contributed by atoms with van der Waals surface area (Å²) in [4.78, 5) is 22.1. The van der Waals surface area contributed by atoms with Crippen LogP contribution in [0.4, 0.5) is 5.69 Å². The Morgan fingerprint density at radius 2 is 1.87 bits per heavy atom. The predicted octanol–water partition coefficient (Wildman–Crippen LogP) is 5.91. The van der Waals surface area contributed by atoms with Crippen molar-refractivity contribution in [2.75, 3.05) is 26.1 Å². The van der Waals surface area contributed by atoms with Gasteiger partial charge in [-0.2, -0.15) is 5.10 Å². The molecular weight excluding hydrogens is 478 g/mol. The van der Waals surface area contributed by atoms with Gasteiger partial charge in [0.15, 0.2) is 0 Å². The average Bonchev–Trinajstić information content (AvgIpc) is 3.40. The summed E-state index contributed by atoms with van der Waals surface area (Å²) in [7, 11) is 3.43. The van der Waals surface area contributed by atoms with Gasteiger partial charge in [0.1, 0.15) is 5.75 Å². The molecule has 0 bridgehead atoms. The van der Waals surface area contributed by atoms with Crippen LogP contribution >= 0.6 is 0 Å². The van der Waals surface area contributed by atoms with Crippen LogP contribution in [0.15, 0.2) is 91.4 Å². The summed E-state index contributed by atoms with van der Waals surface area (Å²) in [6.45, 7) is 6.62. The molecule has 0 saturated carbocycles. The van der Waals surface area contributed by atoms with Crippen molar-refractivity contribution in [3.63, 3.8) is 0 Å². The molecule has 0 aliphatic rings. The molecule has 0 radical (unpaired) electrons. The number of hydroxylamine groups is 2. The molecule has 2 aromatic heterocycles. The van der Waals surface area contributed by atoms with E-state index in [0.29, 0.717) is 23.6 Å². The minimum atomic E-state index is -0.185. The Bertz CT molecular complexity index is 1350. The molecule has 4 rings (SSSR count). The van der Waals surface area contributed by atoms with E-state index in [0.717, 1.165) is 47.6 Å². The van der Waals surface area contributed by atoms with E-state index < -0.39 is 0 Å². The van der Waals surface area contributed by atoms with Crippen LogP contribution in [0, 0.1) is 0 Å². The second-order valence-corrected chi connectivity index (χ2v) is 8.75. The molecule has 8 nitrogen and oxygen atoms in total. The summed E-state index contributed by atoms with van der Waals surface area (Å²) in [5.74, 6) is 0.531. The number of nitrogens with zero attached hydrogens (tertiary/aromatic N) is 4. The molecule has 1 amide bonds. The summed E-state index contributed by atoms with van der Waals surface area (Å²) in [5.41, 5.74) is 6.02. The van der Waals surface area contributed by atoms with E-state index in [1.807, 2.05) is 54.3 Å². The molecule has 196 valence electrons. The number of amides is 1. The fourth-order valence-corrected chi connectivity index (χ4v) is 3.90. The summed E-state index contributed by atoms with van der Waals surface area (Å²) < 4.78 is 7.71. The Morgan fingerprint density at radius 3 is 2.53 bits per heavy atom. The zero-order valence-corrected chi connectivity index (χ0v) is 22.1. The van der Waals surface area contributed by atoms with Crippen molar-refractivity contribution in [3.8, 4) is 22.7 Å². The molecular formula is C30H33N5O3. The number of carbonyl (C=O) groups is 1. The van der Waals surface area contributed by atoms with E-state index in [1.165, 1.54) is 0 Å². The van der Waals surface area contributed by atoms with Crippen LogP contribution in [0.5, 0.6) is 5.75 Å². The molecule has 8 heteroatoms. The molecule has 2 heterocycles. The molecule has 2 aromatic carbocycles. The largest absolute Gasteiger partial charge is 0.494 e. The fraction of sp³-hybridized carbons (Fsp3) is 0.233. The number of rotatable bonds is 12. The minimum absolute atomic E-state index is 0.185. The lowest BCUT2D eigenvalue weighted by Gasteiger charge is -2.18.